The van der Waals surface area contributed by atoms with E-state index in [0.29, 0.717) is 19.3 Å². The molecule has 1 amide bonds. The summed E-state index contributed by atoms with van der Waals surface area (Å²) in [6.45, 7) is 6.47. The number of rotatable bonds is 49. The Morgan fingerprint density at radius 2 is 0.823 bits per heavy atom. The van der Waals surface area contributed by atoms with E-state index in [1.807, 2.05) is 0 Å². The molecule has 0 aromatic heterocycles. The van der Waals surface area contributed by atoms with E-state index in [4.69, 9.17) is 4.74 Å². The maximum absolute atomic E-state index is 13.2. The van der Waals surface area contributed by atoms with Crippen molar-refractivity contribution in [1.29, 1.82) is 0 Å². The number of esters is 1. The van der Waals surface area contributed by atoms with Crippen molar-refractivity contribution >= 4 is 11.9 Å². The van der Waals surface area contributed by atoms with Gasteiger partial charge in [-0.2, -0.15) is 0 Å². The molecule has 0 aliphatic carbocycles. The van der Waals surface area contributed by atoms with Gasteiger partial charge in [0.1, 0.15) is 6.10 Å². The maximum Gasteiger partial charge on any atom is 0.306 e. The summed E-state index contributed by atoms with van der Waals surface area (Å²) in [6.07, 6.45) is 59.1. The Bertz CT molecular complexity index is 1020. The lowest BCUT2D eigenvalue weighted by Crippen LogP contribution is -2.46. The number of ether oxygens (including phenoxy) is 1. The van der Waals surface area contributed by atoms with Crippen LogP contribution in [0.2, 0.25) is 0 Å². The van der Waals surface area contributed by atoms with Gasteiger partial charge in [0.2, 0.25) is 5.91 Å². The van der Waals surface area contributed by atoms with Gasteiger partial charge in [0.25, 0.3) is 0 Å². The summed E-state index contributed by atoms with van der Waals surface area (Å²) in [4.78, 5) is 26.2. The summed E-state index contributed by atoms with van der Waals surface area (Å²) in [5.41, 5.74) is 0. The number of carbonyl (C=O) groups excluding carboxylic acids is 2. The van der Waals surface area contributed by atoms with E-state index < -0.39 is 18.2 Å². The molecule has 3 unspecified atom stereocenters. The van der Waals surface area contributed by atoms with Gasteiger partial charge in [-0.3, -0.25) is 9.59 Å². The Morgan fingerprint density at radius 1 is 0.468 bits per heavy atom. The molecule has 62 heavy (non-hydrogen) atoms. The van der Waals surface area contributed by atoms with Crippen LogP contribution in [0.3, 0.4) is 0 Å². The van der Waals surface area contributed by atoms with Crippen LogP contribution in [0.5, 0.6) is 0 Å². The molecule has 3 N–H and O–H groups in total. The number of unbranched alkanes of at least 4 members (excludes halogenated alkanes) is 31. The van der Waals surface area contributed by atoms with Crippen molar-refractivity contribution in [2.24, 2.45) is 0 Å². The molecule has 0 radical (unpaired) electrons. The summed E-state index contributed by atoms with van der Waals surface area (Å²) in [5, 5.41) is 23.8. The minimum Gasteiger partial charge on any atom is -0.462 e. The average molecular weight is 872 g/mol. The highest BCUT2D eigenvalue weighted by atomic mass is 16.5. The van der Waals surface area contributed by atoms with E-state index in [9.17, 15) is 19.8 Å². The van der Waals surface area contributed by atoms with Crippen LogP contribution in [0, 0.1) is 0 Å². The highest BCUT2D eigenvalue weighted by molar-refractivity contribution is 5.77. The first kappa shape index (κ1) is 60.1. The monoisotopic (exact) mass is 872 g/mol. The van der Waals surface area contributed by atoms with Crippen LogP contribution in [0.1, 0.15) is 284 Å². The zero-order valence-electron chi connectivity index (χ0n) is 41.5. The van der Waals surface area contributed by atoms with Crippen LogP contribution >= 0.6 is 0 Å². The SMILES string of the molecule is CCCCC/C=C\C/C=C\C/C=C\CCCCCCC(=O)OC(CCCCCCCCCCCCCC)CC(=O)NC(CO)C(O)CCCCCCCCCCCCCCCC. The number of allylic oxidation sites excluding steroid dienone is 6. The summed E-state index contributed by atoms with van der Waals surface area (Å²) in [6, 6.07) is -0.703. The number of hydrogen-bond donors (Lipinski definition) is 3. The van der Waals surface area contributed by atoms with Crippen LogP contribution in [-0.2, 0) is 14.3 Å². The highest BCUT2D eigenvalue weighted by Gasteiger charge is 2.24. The third kappa shape index (κ3) is 44.7. The summed E-state index contributed by atoms with van der Waals surface area (Å²) >= 11 is 0. The minimum atomic E-state index is -0.789. The lowest BCUT2D eigenvalue weighted by atomic mass is 10.0. The molecule has 0 rings (SSSR count). The Labute approximate surface area is 385 Å². The quantitative estimate of drug-likeness (QED) is 0.0321. The molecule has 6 heteroatoms. The number of aliphatic hydroxyl groups is 2. The molecule has 364 valence electrons. The molecule has 3 atom stereocenters. The van der Waals surface area contributed by atoms with E-state index in [1.54, 1.807) is 0 Å². The van der Waals surface area contributed by atoms with Gasteiger partial charge in [0.05, 0.1) is 25.2 Å². The van der Waals surface area contributed by atoms with E-state index in [2.05, 4.69) is 62.5 Å². The van der Waals surface area contributed by atoms with Gasteiger partial charge in [-0.05, 0) is 64.2 Å². The Hall–Kier alpha value is -1.92. The largest absolute Gasteiger partial charge is 0.462 e. The predicted octanol–water partition coefficient (Wildman–Crippen LogP) is 16.5. The zero-order valence-corrected chi connectivity index (χ0v) is 41.5. The van der Waals surface area contributed by atoms with Gasteiger partial charge in [0, 0.05) is 6.42 Å². The van der Waals surface area contributed by atoms with E-state index in [-0.39, 0.29) is 24.9 Å². The first-order valence-corrected chi connectivity index (χ1v) is 27.2. The lowest BCUT2D eigenvalue weighted by molar-refractivity contribution is -0.151. The van der Waals surface area contributed by atoms with Crippen molar-refractivity contribution in [3.8, 4) is 0 Å². The molecule has 0 saturated carbocycles. The topological polar surface area (TPSA) is 95.9 Å². The maximum atomic E-state index is 13.2. The first-order valence-electron chi connectivity index (χ1n) is 27.2. The fourth-order valence-corrected chi connectivity index (χ4v) is 8.32. The molecular weight excluding hydrogens is 767 g/mol. The van der Waals surface area contributed by atoms with Crippen molar-refractivity contribution in [2.45, 2.75) is 302 Å². The predicted molar refractivity (Wildman–Crippen MR) is 269 cm³/mol. The first-order chi connectivity index (χ1) is 30.5. The van der Waals surface area contributed by atoms with Gasteiger partial charge in [-0.1, -0.05) is 243 Å². The van der Waals surface area contributed by atoms with E-state index in [0.717, 1.165) is 70.6 Å². The molecule has 0 aliphatic heterocycles. The van der Waals surface area contributed by atoms with Crippen LogP contribution < -0.4 is 5.32 Å². The zero-order chi connectivity index (χ0) is 45.2. The van der Waals surface area contributed by atoms with Crippen LogP contribution in [0.25, 0.3) is 0 Å². The summed E-state index contributed by atoms with van der Waals surface area (Å²) < 4.78 is 5.94. The van der Waals surface area contributed by atoms with Crippen molar-refractivity contribution in [3.05, 3.63) is 36.5 Å². The highest BCUT2D eigenvalue weighted by Crippen LogP contribution is 2.18. The average Bonchev–Trinajstić information content (AvgIpc) is 3.26. The smallest absolute Gasteiger partial charge is 0.306 e. The Morgan fingerprint density at radius 3 is 1.27 bits per heavy atom. The number of hydrogen-bond acceptors (Lipinski definition) is 5. The van der Waals surface area contributed by atoms with Crippen molar-refractivity contribution in [1.82, 2.24) is 5.32 Å². The van der Waals surface area contributed by atoms with Gasteiger partial charge < -0.3 is 20.3 Å². The molecule has 0 aromatic carbocycles. The molecule has 0 bridgehead atoms. The molecular formula is C56H105NO5. The van der Waals surface area contributed by atoms with Gasteiger partial charge >= 0.3 is 5.97 Å². The Kier molecular flexibility index (Phi) is 48.5. The van der Waals surface area contributed by atoms with E-state index >= 15 is 0 Å². The van der Waals surface area contributed by atoms with Crippen LogP contribution in [0.15, 0.2) is 36.5 Å². The molecule has 0 saturated heterocycles. The lowest BCUT2D eigenvalue weighted by Gasteiger charge is -2.24. The summed E-state index contributed by atoms with van der Waals surface area (Å²) in [5.74, 6) is -0.486. The molecule has 0 aromatic rings. The third-order valence-electron chi connectivity index (χ3n) is 12.5. The molecule has 0 spiro atoms. The standard InChI is InChI=1S/C56H105NO5/c1-4-7-10-13-16-19-22-25-27-28-29-31-34-37-40-43-46-49-56(61)62-52(47-44-41-38-35-32-24-21-18-15-12-9-6-3)50-55(60)57-53(51-58)54(59)48-45-42-39-36-33-30-26-23-20-17-14-11-8-5-2/h16,19,25,27,29,31,52-54,58-59H,4-15,17-18,20-24,26,28,30,32-51H2,1-3H3,(H,57,60)/b19-16-,27-25-,31-29-. The molecule has 0 heterocycles. The van der Waals surface area contributed by atoms with Crippen molar-refractivity contribution in [3.63, 3.8) is 0 Å². The summed E-state index contributed by atoms with van der Waals surface area (Å²) in [7, 11) is 0. The van der Waals surface area contributed by atoms with E-state index in [1.165, 1.54) is 167 Å². The van der Waals surface area contributed by atoms with Crippen molar-refractivity contribution < 1.29 is 24.5 Å². The number of amides is 1. The van der Waals surface area contributed by atoms with Crippen molar-refractivity contribution in [2.75, 3.05) is 6.61 Å². The molecule has 0 fully saturated rings. The Balaban J connectivity index is 4.55. The second-order valence-electron chi connectivity index (χ2n) is 18.6. The number of nitrogens with one attached hydrogen (secondary N) is 1. The molecule has 0 aliphatic rings. The van der Waals surface area contributed by atoms with Gasteiger partial charge in [0.15, 0.2) is 0 Å². The van der Waals surface area contributed by atoms with Gasteiger partial charge in [-0.25, -0.2) is 0 Å². The minimum absolute atomic E-state index is 0.0725. The number of aliphatic hydroxyl groups excluding tert-OH is 2. The molecule has 6 nitrogen and oxygen atoms in total. The fourth-order valence-electron chi connectivity index (χ4n) is 8.32. The van der Waals surface area contributed by atoms with Crippen LogP contribution in [0.4, 0.5) is 0 Å². The third-order valence-corrected chi connectivity index (χ3v) is 12.5. The normalized spacial score (nSPS) is 13.4. The second kappa shape index (κ2) is 50.1. The van der Waals surface area contributed by atoms with Gasteiger partial charge in [-0.15, -0.1) is 0 Å². The second-order valence-corrected chi connectivity index (χ2v) is 18.6. The van der Waals surface area contributed by atoms with Crippen LogP contribution in [-0.4, -0.2) is 46.9 Å². The fraction of sp³-hybridized carbons (Fsp3) is 0.857. The number of carbonyl (C=O) groups is 2.